The van der Waals surface area contributed by atoms with Crippen molar-refractivity contribution in [1.82, 2.24) is 4.98 Å². The largest absolute Gasteiger partial charge is 0.451 e. The number of carbonyl (C=O) groups excluding carboxylic acids is 1. The zero-order chi connectivity index (χ0) is 18.3. The number of para-hydroxylation sites is 1. The molecule has 0 atom stereocenters. The Hall–Kier alpha value is -3.47. The van der Waals surface area contributed by atoms with Crippen molar-refractivity contribution >= 4 is 33.5 Å². The van der Waals surface area contributed by atoms with Crippen molar-refractivity contribution < 1.29 is 9.21 Å². The van der Waals surface area contributed by atoms with Crippen molar-refractivity contribution in [3.63, 3.8) is 0 Å². The van der Waals surface area contributed by atoms with Crippen molar-refractivity contribution in [3.05, 3.63) is 81.8 Å². The topological polar surface area (TPSA) is 72.2 Å². The van der Waals surface area contributed by atoms with E-state index in [0.717, 1.165) is 16.5 Å². The number of fused-ring (bicyclic) bond motifs is 2. The molecular weight excluding hydrogens is 328 g/mol. The zero-order valence-corrected chi connectivity index (χ0v) is 14.4. The van der Waals surface area contributed by atoms with Crippen LogP contribution in [0.1, 0.15) is 21.7 Å². The van der Waals surface area contributed by atoms with Crippen molar-refractivity contribution in [2.24, 2.45) is 0 Å². The van der Waals surface area contributed by atoms with Crippen LogP contribution in [0.3, 0.4) is 0 Å². The highest BCUT2D eigenvalue weighted by Crippen LogP contribution is 2.22. The van der Waals surface area contributed by atoms with Crippen LogP contribution < -0.4 is 10.7 Å². The maximum Gasteiger partial charge on any atom is 0.291 e. The molecule has 26 heavy (non-hydrogen) atoms. The van der Waals surface area contributed by atoms with Gasteiger partial charge in [-0.1, -0.05) is 24.3 Å². The number of carbonyl (C=O) groups is 1. The lowest BCUT2D eigenvalue weighted by Gasteiger charge is -2.09. The van der Waals surface area contributed by atoms with Gasteiger partial charge >= 0.3 is 0 Å². The van der Waals surface area contributed by atoms with Crippen LogP contribution in [0, 0.1) is 13.8 Å². The minimum Gasteiger partial charge on any atom is -0.451 e. The van der Waals surface area contributed by atoms with E-state index in [0.29, 0.717) is 22.2 Å². The lowest BCUT2D eigenvalue weighted by Crippen LogP contribution is -2.15. The fourth-order valence-electron chi connectivity index (χ4n) is 3.16. The second-order valence-corrected chi connectivity index (χ2v) is 6.26. The molecule has 5 heteroatoms. The molecule has 0 aliphatic carbocycles. The van der Waals surface area contributed by atoms with E-state index in [1.54, 1.807) is 18.3 Å². The van der Waals surface area contributed by atoms with E-state index in [1.807, 2.05) is 44.2 Å². The molecule has 0 saturated carbocycles. The van der Waals surface area contributed by atoms with Gasteiger partial charge in [-0.2, -0.15) is 0 Å². The van der Waals surface area contributed by atoms with Crippen LogP contribution in [0.15, 0.2) is 63.9 Å². The van der Waals surface area contributed by atoms with E-state index in [-0.39, 0.29) is 11.2 Å². The third-order valence-corrected chi connectivity index (χ3v) is 4.28. The van der Waals surface area contributed by atoms with Crippen LogP contribution in [0.25, 0.3) is 21.9 Å². The molecule has 0 spiro atoms. The number of aromatic nitrogens is 1. The first-order valence-corrected chi connectivity index (χ1v) is 8.23. The van der Waals surface area contributed by atoms with Gasteiger partial charge in [0.2, 0.25) is 0 Å². The van der Waals surface area contributed by atoms with Crippen LogP contribution in [-0.4, -0.2) is 10.9 Å². The summed E-state index contributed by atoms with van der Waals surface area (Å²) in [6.07, 6.45) is 1.67. The molecule has 0 unspecified atom stereocenters. The highest BCUT2D eigenvalue weighted by Gasteiger charge is 2.15. The maximum atomic E-state index is 12.7. The SMILES string of the molecule is Cc1cc(C)c2c(=O)cc(C(=O)Nc3cccc4cccnc34)oc2c1. The second-order valence-electron chi connectivity index (χ2n) is 6.26. The number of rotatable bonds is 2. The summed E-state index contributed by atoms with van der Waals surface area (Å²) in [5.41, 5.74) is 3.23. The Balaban J connectivity index is 1.78. The molecule has 4 aromatic rings. The number of anilines is 1. The summed E-state index contributed by atoms with van der Waals surface area (Å²) >= 11 is 0. The van der Waals surface area contributed by atoms with E-state index in [4.69, 9.17) is 4.42 Å². The molecule has 5 nitrogen and oxygen atoms in total. The Kier molecular flexibility index (Phi) is 3.77. The summed E-state index contributed by atoms with van der Waals surface area (Å²) in [6, 6.07) is 14.2. The highest BCUT2D eigenvalue weighted by molar-refractivity contribution is 6.07. The molecule has 4 rings (SSSR count). The third-order valence-electron chi connectivity index (χ3n) is 4.28. The molecule has 128 valence electrons. The lowest BCUT2D eigenvalue weighted by molar-refractivity contribution is 0.0997. The van der Waals surface area contributed by atoms with Crippen molar-refractivity contribution in [3.8, 4) is 0 Å². The summed E-state index contributed by atoms with van der Waals surface area (Å²) in [4.78, 5) is 29.4. The van der Waals surface area contributed by atoms with E-state index in [2.05, 4.69) is 10.3 Å². The molecule has 1 N–H and O–H groups in total. The van der Waals surface area contributed by atoms with E-state index in [1.165, 1.54) is 6.07 Å². The highest BCUT2D eigenvalue weighted by atomic mass is 16.3. The normalized spacial score (nSPS) is 11.0. The van der Waals surface area contributed by atoms with Gasteiger partial charge in [-0.25, -0.2) is 0 Å². The van der Waals surface area contributed by atoms with Crippen LogP contribution in [0.5, 0.6) is 0 Å². The standard InChI is InChI=1S/C21H16N2O3/c1-12-9-13(2)19-16(24)11-18(26-17(19)10-12)21(25)23-15-7-3-5-14-6-4-8-22-20(14)15/h3-11H,1-2H3,(H,23,25). The predicted octanol–water partition coefficient (Wildman–Crippen LogP) is 4.21. The minimum absolute atomic E-state index is 0.0274. The molecule has 0 fully saturated rings. The van der Waals surface area contributed by atoms with Crippen LogP contribution >= 0.6 is 0 Å². The summed E-state index contributed by atoms with van der Waals surface area (Å²) in [7, 11) is 0. The molecule has 1 amide bonds. The minimum atomic E-state index is -0.485. The van der Waals surface area contributed by atoms with Gasteiger partial charge in [-0.3, -0.25) is 14.6 Å². The first-order chi connectivity index (χ1) is 12.5. The van der Waals surface area contributed by atoms with Gasteiger partial charge in [0, 0.05) is 17.6 Å². The zero-order valence-electron chi connectivity index (χ0n) is 14.4. The number of amides is 1. The van der Waals surface area contributed by atoms with Crippen molar-refractivity contribution in [1.29, 1.82) is 0 Å². The Morgan fingerprint density at radius 2 is 1.88 bits per heavy atom. The number of nitrogens with one attached hydrogen (secondary N) is 1. The van der Waals surface area contributed by atoms with Gasteiger partial charge in [-0.15, -0.1) is 0 Å². The van der Waals surface area contributed by atoms with E-state index >= 15 is 0 Å². The molecule has 2 aromatic heterocycles. The fraction of sp³-hybridized carbons (Fsp3) is 0.0952. The Labute approximate surface area is 149 Å². The lowest BCUT2D eigenvalue weighted by atomic mass is 10.1. The Bertz CT molecular complexity index is 1220. The molecule has 0 bridgehead atoms. The predicted molar refractivity (Wildman–Crippen MR) is 102 cm³/mol. The quantitative estimate of drug-likeness (QED) is 0.591. The van der Waals surface area contributed by atoms with Gasteiger partial charge in [0.05, 0.1) is 16.6 Å². The second kappa shape index (κ2) is 6.11. The van der Waals surface area contributed by atoms with E-state index in [9.17, 15) is 9.59 Å². The van der Waals surface area contributed by atoms with Gasteiger partial charge in [0.25, 0.3) is 5.91 Å². The number of hydrogen-bond donors (Lipinski definition) is 1. The van der Waals surface area contributed by atoms with Gasteiger partial charge in [0.15, 0.2) is 11.2 Å². The molecule has 0 radical (unpaired) electrons. The third kappa shape index (κ3) is 2.73. The van der Waals surface area contributed by atoms with Crippen LogP contribution in [0.2, 0.25) is 0 Å². The fourth-order valence-corrected chi connectivity index (χ4v) is 3.16. The van der Waals surface area contributed by atoms with Crippen LogP contribution in [0.4, 0.5) is 5.69 Å². The first-order valence-electron chi connectivity index (χ1n) is 8.23. The van der Waals surface area contributed by atoms with Gasteiger partial charge < -0.3 is 9.73 Å². The molecule has 2 heterocycles. The van der Waals surface area contributed by atoms with Gasteiger partial charge in [0.1, 0.15) is 5.58 Å². The van der Waals surface area contributed by atoms with Crippen molar-refractivity contribution in [2.45, 2.75) is 13.8 Å². The summed E-state index contributed by atoms with van der Waals surface area (Å²) in [5.74, 6) is -0.512. The molecular formula is C21H16N2O3. The molecule has 2 aromatic carbocycles. The average molecular weight is 344 g/mol. The van der Waals surface area contributed by atoms with E-state index < -0.39 is 5.91 Å². The summed E-state index contributed by atoms with van der Waals surface area (Å²) in [6.45, 7) is 3.77. The molecule has 0 aliphatic rings. The maximum absolute atomic E-state index is 12.7. The summed E-state index contributed by atoms with van der Waals surface area (Å²) in [5, 5.41) is 4.20. The number of nitrogens with zero attached hydrogens (tertiary/aromatic N) is 1. The number of hydrogen-bond acceptors (Lipinski definition) is 4. The summed E-state index contributed by atoms with van der Waals surface area (Å²) < 4.78 is 5.72. The number of benzene rings is 2. The monoisotopic (exact) mass is 344 g/mol. The Morgan fingerprint density at radius 3 is 2.73 bits per heavy atom. The molecule has 0 saturated heterocycles. The number of aryl methyl sites for hydroxylation is 2. The van der Waals surface area contributed by atoms with Gasteiger partial charge in [-0.05, 0) is 43.2 Å². The van der Waals surface area contributed by atoms with Crippen molar-refractivity contribution in [2.75, 3.05) is 5.32 Å². The Morgan fingerprint density at radius 1 is 1.08 bits per heavy atom. The molecule has 0 aliphatic heterocycles. The van der Waals surface area contributed by atoms with Crippen LogP contribution in [-0.2, 0) is 0 Å². The smallest absolute Gasteiger partial charge is 0.291 e. The average Bonchev–Trinajstić information content (AvgIpc) is 2.61. The number of pyridine rings is 1. The first kappa shape index (κ1) is 16.0.